The summed E-state index contributed by atoms with van der Waals surface area (Å²) in [6, 6.07) is 12.2. The van der Waals surface area contributed by atoms with Crippen molar-refractivity contribution in [3.8, 4) is 0 Å². The van der Waals surface area contributed by atoms with E-state index in [0.717, 1.165) is 26.1 Å². The summed E-state index contributed by atoms with van der Waals surface area (Å²) in [6.45, 7) is 5.18. The topological polar surface area (TPSA) is 116 Å². The first-order valence-corrected chi connectivity index (χ1v) is 14.8. The van der Waals surface area contributed by atoms with Crippen LogP contribution in [0.5, 0.6) is 0 Å². The quantitative estimate of drug-likeness (QED) is 0.299. The van der Waals surface area contributed by atoms with Gasteiger partial charge in [0.05, 0.1) is 11.3 Å². The molecule has 0 unspecified atom stereocenters. The standard InChI is InChI=1S/C26H31ClN4O4S2/c1-17-3-6-20(7-4-17)37(34,35)30-14-13-29-25(33)26(9-11-28-12-10-26)31-24(32)16-23-18(2)21-15-19(27)5-8-22(21)36-23/h3-8,15,28,30H,9-14,16H2,1-2H3,(H,29,33)(H,31,32). The van der Waals surface area contributed by atoms with Crippen molar-refractivity contribution >= 4 is 54.9 Å². The number of hydrogen-bond acceptors (Lipinski definition) is 6. The molecule has 4 rings (SSSR count). The van der Waals surface area contributed by atoms with Crippen molar-refractivity contribution in [2.75, 3.05) is 26.2 Å². The Kier molecular flexibility index (Phi) is 8.55. The highest BCUT2D eigenvalue weighted by atomic mass is 35.5. The monoisotopic (exact) mass is 562 g/mol. The number of amides is 2. The van der Waals surface area contributed by atoms with Crippen LogP contribution in [0.1, 0.15) is 28.8 Å². The molecular formula is C26H31ClN4O4S2. The molecular weight excluding hydrogens is 532 g/mol. The molecule has 0 bridgehead atoms. The second kappa shape index (κ2) is 11.5. The lowest BCUT2D eigenvalue weighted by Gasteiger charge is -2.37. The van der Waals surface area contributed by atoms with E-state index in [1.165, 1.54) is 0 Å². The van der Waals surface area contributed by atoms with E-state index >= 15 is 0 Å². The lowest BCUT2D eigenvalue weighted by Crippen LogP contribution is -2.63. The summed E-state index contributed by atoms with van der Waals surface area (Å²) in [7, 11) is -3.67. The van der Waals surface area contributed by atoms with Crippen molar-refractivity contribution in [3.63, 3.8) is 0 Å². The van der Waals surface area contributed by atoms with Gasteiger partial charge in [-0.3, -0.25) is 9.59 Å². The Morgan fingerprint density at radius 2 is 1.76 bits per heavy atom. The number of thiophene rings is 1. The molecule has 0 radical (unpaired) electrons. The summed E-state index contributed by atoms with van der Waals surface area (Å²) in [5.74, 6) is -0.533. The number of carbonyl (C=O) groups excluding carboxylic acids is 2. The van der Waals surface area contributed by atoms with Gasteiger partial charge in [-0.2, -0.15) is 0 Å². The molecule has 0 saturated carbocycles. The van der Waals surface area contributed by atoms with Crippen LogP contribution in [0.3, 0.4) is 0 Å². The molecule has 37 heavy (non-hydrogen) atoms. The predicted octanol–water partition coefficient (Wildman–Crippen LogP) is 3.05. The number of hydrogen-bond donors (Lipinski definition) is 4. The van der Waals surface area contributed by atoms with E-state index in [2.05, 4.69) is 20.7 Å². The van der Waals surface area contributed by atoms with Crippen LogP contribution < -0.4 is 20.7 Å². The second-order valence-electron chi connectivity index (χ2n) is 9.31. The number of fused-ring (bicyclic) bond motifs is 1. The molecule has 198 valence electrons. The summed E-state index contributed by atoms with van der Waals surface area (Å²) in [5.41, 5.74) is 0.932. The van der Waals surface area contributed by atoms with Crippen molar-refractivity contribution in [1.29, 1.82) is 0 Å². The number of piperidine rings is 1. The highest BCUT2D eigenvalue weighted by Gasteiger charge is 2.40. The van der Waals surface area contributed by atoms with Gasteiger partial charge in [0.25, 0.3) is 0 Å². The van der Waals surface area contributed by atoms with Crippen molar-refractivity contribution < 1.29 is 18.0 Å². The molecule has 8 nitrogen and oxygen atoms in total. The van der Waals surface area contributed by atoms with Crippen LogP contribution in [0.15, 0.2) is 47.4 Å². The van der Waals surface area contributed by atoms with Crippen LogP contribution in [-0.4, -0.2) is 52.0 Å². The number of rotatable bonds is 9. The van der Waals surface area contributed by atoms with Crippen LogP contribution in [0.4, 0.5) is 0 Å². The molecule has 0 atom stereocenters. The molecule has 1 aliphatic heterocycles. The van der Waals surface area contributed by atoms with Crippen LogP contribution in [0, 0.1) is 13.8 Å². The third-order valence-electron chi connectivity index (χ3n) is 6.62. The van der Waals surface area contributed by atoms with Gasteiger partial charge >= 0.3 is 0 Å². The van der Waals surface area contributed by atoms with E-state index in [9.17, 15) is 18.0 Å². The number of benzene rings is 2. The fourth-order valence-corrected chi connectivity index (χ4v) is 6.86. The number of nitrogens with one attached hydrogen (secondary N) is 4. The maximum absolute atomic E-state index is 13.2. The Morgan fingerprint density at radius 1 is 1.05 bits per heavy atom. The molecule has 2 amide bonds. The first kappa shape index (κ1) is 27.5. The van der Waals surface area contributed by atoms with Crippen molar-refractivity contribution in [1.82, 2.24) is 20.7 Å². The molecule has 3 aromatic rings. The second-order valence-corrected chi connectivity index (χ2v) is 12.7. The third-order valence-corrected chi connectivity index (χ3v) is 9.61. The summed E-state index contributed by atoms with van der Waals surface area (Å²) in [6.07, 6.45) is 1.06. The van der Waals surface area contributed by atoms with Crippen LogP contribution in [0.25, 0.3) is 10.1 Å². The van der Waals surface area contributed by atoms with Gasteiger partial charge in [0.15, 0.2) is 0 Å². The first-order valence-electron chi connectivity index (χ1n) is 12.1. The van der Waals surface area contributed by atoms with Gasteiger partial charge in [-0.15, -0.1) is 11.3 Å². The van der Waals surface area contributed by atoms with Gasteiger partial charge in [0, 0.05) is 27.7 Å². The summed E-state index contributed by atoms with van der Waals surface area (Å²) >= 11 is 7.69. The summed E-state index contributed by atoms with van der Waals surface area (Å²) < 4.78 is 28.5. The molecule has 1 aromatic heterocycles. The minimum Gasteiger partial charge on any atom is -0.353 e. The van der Waals surface area contributed by atoms with Gasteiger partial charge < -0.3 is 16.0 Å². The van der Waals surface area contributed by atoms with Crippen LogP contribution in [-0.2, 0) is 26.0 Å². The average Bonchev–Trinajstić information content (AvgIpc) is 3.16. The van der Waals surface area contributed by atoms with E-state index in [-0.39, 0.29) is 36.2 Å². The van der Waals surface area contributed by atoms with E-state index < -0.39 is 15.6 Å². The van der Waals surface area contributed by atoms with Gasteiger partial charge in [-0.1, -0.05) is 29.3 Å². The predicted molar refractivity (Wildman–Crippen MR) is 148 cm³/mol. The molecule has 1 fully saturated rings. The molecule has 2 heterocycles. The van der Waals surface area contributed by atoms with E-state index in [4.69, 9.17) is 11.6 Å². The van der Waals surface area contributed by atoms with E-state index in [1.54, 1.807) is 35.6 Å². The Morgan fingerprint density at radius 3 is 2.46 bits per heavy atom. The fraction of sp³-hybridized carbons (Fsp3) is 0.385. The lowest BCUT2D eigenvalue weighted by molar-refractivity contribution is -0.134. The SMILES string of the molecule is Cc1ccc(S(=O)(=O)NCCNC(=O)C2(NC(=O)Cc3sc4ccc(Cl)cc4c3C)CCNCC2)cc1. The largest absolute Gasteiger partial charge is 0.353 e. The van der Waals surface area contributed by atoms with Crippen molar-refractivity contribution in [2.24, 2.45) is 0 Å². The highest BCUT2D eigenvalue weighted by Crippen LogP contribution is 2.33. The third kappa shape index (κ3) is 6.50. The van der Waals surface area contributed by atoms with E-state index in [0.29, 0.717) is 31.0 Å². The zero-order valence-electron chi connectivity index (χ0n) is 20.8. The van der Waals surface area contributed by atoms with Gasteiger partial charge in [0.2, 0.25) is 21.8 Å². The molecule has 0 spiro atoms. The maximum atomic E-state index is 13.2. The zero-order chi connectivity index (χ0) is 26.6. The average molecular weight is 563 g/mol. The molecule has 0 aliphatic carbocycles. The number of halogens is 1. The van der Waals surface area contributed by atoms with Gasteiger partial charge in [0.1, 0.15) is 5.54 Å². The zero-order valence-corrected chi connectivity index (χ0v) is 23.2. The highest BCUT2D eigenvalue weighted by molar-refractivity contribution is 7.89. The molecule has 1 aliphatic rings. The Labute approximate surface area is 226 Å². The van der Waals surface area contributed by atoms with Gasteiger partial charge in [-0.05, 0) is 81.1 Å². The van der Waals surface area contributed by atoms with Gasteiger partial charge in [-0.25, -0.2) is 13.1 Å². The van der Waals surface area contributed by atoms with E-state index in [1.807, 2.05) is 32.0 Å². The molecule has 2 aromatic carbocycles. The summed E-state index contributed by atoms with van der Waals surface area (Å²) in [4.78, 5) is 27.5. The molecule has 1 saturated heterocycles. The lowest BCUT2D eigenvalue weighted by atomic mass is 9.87. The molecule has 11 heteroatoms. The Bertz CT molecular complexity index is 1400. The number of carbonyl (C=O) groups is 2. The Hall–Kier alpha value is -2.50. The minimum atomic E-state index is -3.67. The Balaban J connectivity index is 1.37. The smallest absolute Gasteiger partial charge is 0.245 e. The summed E-state index contributed by atoms with van der Waals surface area (Å²) in [5, 5.41) is 10.7. The van der Waals surface area contributed by atoms with Crippen LogP contribution in [0.2, 0.25) is 5.02 Å². The van der Waals surface area contributed by atoms with Crippen LogP contribution >= 0.6 is 22.9 Å². The van der Waals surface area contributed by atoms with Crippen molar-refractivity contribution in [2.45, 2.75) is 43.5 Å². The number of aryl methyl sites for hydroxylation is 2. The minimum absolute atomic E-state index is 0.0355. The maximum Gasteiger partial charge on any atom is 0.245 e. The number of sulfonamides is 1. The molecule has 4 N–H and O–H groups in total. The normalized spacial score (nSPS) is 15.4. The fourth-order valence-electron chi connectivity index (χ4n) is 4.46. The van der Waals surface area contributed by atoms with Crippen molar-refractivity contribution in [3.05, 3.63) is 63.5 Å². The first-order chi connectivity index (χ1) is 17.6.